The number of hydrogen-bond donors (Lipinski definition) is 2. The molecular formula is C18H33IN4O. The Kier molecular flexibility index (Phi) is 7.19. The first kappa shape index (κ1) is 19.8. The smallest absolute Gasteiger partial charge is 0.217 e. The number of hydrogen-bond acceptors (Lipinski definition) is 2. The van der Waals surface area contributed by atoms with Crippen LogP contribution >= 0.6 is 24.0 Å². The second-order valence-electron chi connectivity index (χ2n) is 7.79. The molecule has 138 valence electrons. The molecule has 3 fully saturated rings. The molecular weight excluding hydrogens is 415 g/mol. The molecule has 3 aliphatic rings. The Bertz CT molecular complexity index is 460. The van der Waals surface area contributed by atoms with Crippen molar-refractivity contribution in [1.82, 2.24) is 10.2 Å². The Balaban J connectivity index is 0.00000208. The summed E-state index contributed by atoms with van der Waals surface area (Å²) >= 11 is 0. The molecule has 1 heterocycles. The summed E-state index contributed by atoms with van der Waals surface area (Å²) in [7, 11) is 0. The molecule has 24 heavy (non-hydrogen) atoms. The highest BCUT2D eigenvalue weighted by atomic mass is 127. The summed E-state index contributed by atoms with van der Waals surface area (Å²) in [4.78, 5) is 18.6. The van der Waals surface area contributed by atoms with Gasteiger partial charge in [0.25, 0.3) is 0 Å². The van der Waals surface area contributed by atoms with E-state index in [9.17, 15) is 4.79 Å². The van der Waals surface area contributed by atoms with Gasteiger partial charge in [-0.05, 0) is 62.7 Å². The number of likely N-dealkylation sites (tertiary alicyclic amines) is 1. The Morgan fingerprint density at radius 1 is 1.29 bits per heavy atom. The molecule has 1 unspecified atom stereocenters. The van der Waals surface area contributed by atoms with Crippen LogP contribution in [0.2, 0.25) is 0 Å². The minimum atomic E-state index is -0.180. The van der Waals surface area contributed by atoms with Gasteiger partial charge in [-0.2, -0.15) is 0 Å². The van der Waals surface area contributed by atoms with Crippen LogP contribution in [0.1, 0.15) is 58.3 Å². The highest BCUT2D eigenvalue weighted by Crippen LogP contribution is 2.57. The number of carbonyl (C=O) groups is 1. The van der Waals surface area contributed by atoms with Gasteiger partial charge >= 0.3 is 0 Å². The van der Waals surface area contributed by atoms with E-state index in [1.165, 1.54) is 32.1 Å². The summed E-state index contributed by atoms with van der Waals surface area (Å²) in [5, 5.41) is 3.47. The van der Waals surface area contributed by atoms with Crippen molar-refractivity contribution < 1.29 is 4.79 Å². The van der Waals surface area contributed by atoms with Gasteiger partial charge in [-0.15, -0.1) is 24.0 Å². The summed E-state index contributed by atoms with van der Waals surface area (Å²) < 4.78 is 0. The van der Waals surface area contributed by atoms with E-state index in [1.807, 2.05) is 0 Å². The number of nitrogens with one attached hydrogen (secondary N) is 1. The zero-order chi connectivity index (χ0) is 16.3. The third-order valence-electron chi connectivity index (χ3n) is 5.98. The second-order valence-corrected chi connectivity index (χ2v) is 7.79. The predicted molar refractivity (Wildman–Crippen MR) is 109 cm³/mol. The molecule has 1 saturated heterocycles. The second kappa shape index (κ2) is 8.72. The van der Waals surface area contributed by atoms with E-state index in [2.05, 4.69) is 17.1 Å². The molecule has 0 spiro atoms. The molecule has 1 aliphatic heterocycles. The topological polar surface area (TPSA) is 70.7 Å². The van der Waals surface area contributed by atoms with Crippen LogP contribution in [-0.4, -0.2) is 42.9 Å². The number of halogens is 1. The molecule has 5 nitrogen and oxygen atoms in total. The standard InChI is InChI=1S/C18H32N4O.HI/c1-2-20-17(21-13-18(8-4-9-18)15-6-7-15)22-10-3-5-14(12-22)11-16(19)23;/h14-15H,2-13H2,1H3,(H2,19,23)(H,20,21);1H. The van der Waals surface area contributed by atoms with Crippen LogP contribution in [0.15, 0.2) is 4.99 Å². The van der Waals surface area contributed by atoms with Gasteiger partial charge in [0.15, 0.2) is 5.96 Å². The van der Waals surface area contributed by atoms with Crippen molar-refractivity contribution in [3.63, 3.8) is 0 Å². The average molecular weight is 448 g/mol. The van der Waals surface area contributed by atoms with Crippen LogP contribution in [0.25, 0.3) is 0 Å². The summed E-state index contributed by atoms with van der Waals surface area (Å²) in [6, 6.07) is 0. The number of guanidine groups is 1. The van der Waals surface area contributed by atoms with E-state index in [0.29, 0.717) is 17.8 Å². The van der Waals surface area contributed by atoms with E-state index in [-0.39, 0.29) is 29.9 Å². The molecule has 2 saturated carbocycles. The van der Waals surface area contributed by atoms with Gasteiger partial charge in [0.1, 0.15) is 0 Å². The van der Waals surface area contributed by atoms with Gasteiger partial charge in [-0.3, -0.25) is 9.79 Å². The maximum Gasteiger partial charge on any atom is 0.217 e. The average Bonchev–Trinajstić information content (AvgIpc) is 3.29. The highest BCUT2D eigenvalue weighted by Gasteiger charge is 2.48. The van der Waals surface area contributed by atoms with Crippen LogP contribution in [0.4, 0.5) is 0 Å². The first-order valence-electron chi connectivity index (χ1n) is 9.44. The number of aliphatic imine (C=N–C) groups is 1. The summed E-state index contributed by atoms with van der Waals surface area (Å²) in [5.74, 6) is 2.19. The maximum absolute atomic E-state index is 11.2. The lowest BCUT2D eigenvalue weighted by atomic mass is 9.65. The fraction of sp³-hybridized carbons (Fsp3) is 0.889. The number of piperidine rings is 1. The molecule has 3 rings (SSSR count). The summed E-state index contributed by atoms with van der Waals surface area (Å²) in [6.07, 6.45) is 9.67. The Hall–Kier alpha value is -0.530. The molecule has 3 N–H and O–H groups in total. The molecule has 6 heteroatoms. The minimum Gasteiger partial charge on any atom is -0.370 e. The Morgan fingerprint density at radius 3 is 2.58 bits per heavy atom. The van der Waals surface area contributed by atoms with Crippen molar-refractivity contribution in [3.8, 4) is 0 Å². The number of nitrogens with zero attached hydrogens (tertiary/aromatic N) is 2. The van der Waals surface area contributed by atoms with Gasteiger partial charge in [-0.1, -0.05) is 6.42 Å². The largest absolute Gasteiger partial charge is 0.370 e. The van der Waals surface area contributed by atoms with Gasteiger partial charge < -0.3 is 16.0 Å². The lowest BCUT2D eigenvalue weighted by Gasteiger charge is -2.42. The van der Waals surface area contributed by atoms with E-state index >= 15 is 0 Å². The molecule has 1 amide bonds. The van der Waals surface area contributed by atoms with Gasteiger partial charge in [-0.25, -0.2) is 0 Å². The number of carbonyl (C=O) groups excluding carboxylic acids is 1. The summed E-state index contributed by atoms with van der Waals surface area (Å²) in [6.45, 7) is 5.95. The normalized spacial score (nSPS) is 26.3. The van der Waals surface area contributed by atoms with Crippen LogP contribution in [0.5, 0.6) is 0 Å². The first-order chi connectivity index (χ1) is 11.1. The highest BCUT2D eigenvalue weighted by molar-refractivity contribution is 14.0. The van der Waals surface area contributed by atoms with E-state index < -0.39 is 0 Å². The van der Waals surface area contributed by atoms with Crippen molar-refractivity contribution in [3.05, 3.63) is 0 Å². The number of rotatable bonds is 6. The zero-order valence-electron chi connectivity index (χ0n) is 14.9. The van der Waals surface area contributed by atoms with Crippen LogP contribution in [0.3, 0.4) is 0 Å². The Labute approximate surface area is 163 Å². The third-order valence-corrected chi connectivity index (χ3v) is 5.98. The molecule has 2 aliphatic carbocycles. The molecule has 0 aromatic heterocycles. The van der Waals surface area contributed by atoms with Crippen molar-refractivity contribution in [2.75, 3.05) is 26.2 Å². The van der Waals surface area contributed by atoms with Gasteiger partial charge in [0, 0.05) is 32.6 Å². The van der Waals surface area contributed by atoms with Crippen molar-refractivity contribution in [2.24, 2.45) is 28.0 Å². The number of primary amides is 1. The van der Waals surface area contributed by atoms with Crippen LogP contribution in [0, 0.1) is 17.3 Å². The SMILES string of the molecule is CCNC(=NCC1(C2CC2)CCC1)N1CCCC(CC(N)=O)C1.I. The van der Waals surface area contributed by atoms with Crippen LogP contribution in [-0.2, 0) is 4.79 Å². The quantitative estimate of drug-likeness (QED) is 0.373. The lowest BCUT2D eigenvalue weighted by Crippen LogP contribution is -2.48. The Morgan fingerprint density at radius 2 is 2.04 bits per heavy atom. The maximum atomic E-state index is 11.2. The zero-order valence-corrected chi connectivity index (χ0v) is 17.3. The fourth-order valence-electron chi connectivity index (χ4n) is 4.39. The third kappa shape index (κ3) is 4.76. The fourth-order valence-corrected chi connectivity index (χ4v) is 4.39. The van der Waals surface area contributed by atoms with Gasteiger partial charge in [0.05, 0.1) is 0 Å². The molecule has 1 atom stereocenters. The van der Waals surface area contributed by atoms with Crippen molar-refractivity contribution in [2.45, 2.75) is 58.3 Å². The number of nitrogens with two attached hydrogens (primary N) is 1. The van der Waals surface area contributed by atoms with Crippen LogP contribution < -0.4 is 11.1 Å². The van der Waals surface area contributed by atoms with E-state index in [0.717, 1.165) is 50.9 Å². The lowest BCUT2D eigenvalue weighted by molar-refractivity contribution is -0.119. The molecule has 0 aromatic rings. The molecule has 0 bridgehead atoms. The summed E-state index contributed by atoms with van der Waals surface area (Å²) in [5.41, 5.74) is 5.90. The van der Waals surface area contributed by atoms with Gasteiger partial charge in [0.2, 0.25) is 5.91 Å². The van der Waals surface area contributed by atoms with E-state index in [4.69, 9.17) is 10.7 Å². The molecule has 0 radical (unpaired) electrons. The van der Waals surface area contributed by atoms with E-state index in [1.54, 1.807) is 0 Å². The predicted octanol–water partition coefficient (Wildman–Crippen LogP) is 2.74. The van der Waals surface area contributed by atoms with Crippen molar-refractivity contribution in [1.29, 1.82) is 0 Å². The molecule has 0 aromatic carbocycles. The number of amides is 1. The van der Waals surface area contributed by atoms with Crippen molar-refractivity contribution >= 4 is 35.8 Å². The minimum absolute atomic E-state index is 0. The monoisotopic (exact) mass is 448 g/mol. The first-order valence-corrected chi connectivity index (χ1v) is 9.44.